The predicted molar refractivity (Wildman–Crippen MR) is 84.5 cm³/mol. The van der Waals surface area contributed by atoms with Gasteiger partial charge in [0, 0.05) is 0 Å². The third-order valence-electron chi connectivity index (χ3n) is 3.18. The van der Waals surface area contributed by atoms with Gasteiger partial charge in [0.25, 0.3) is 0 Å². The van der Waals surface area contributed by atoms with E-state index in [-0.39, 0.29) is 0 Å². The van der Waals surface area contributed by atoms with Crippen LogP contribution in [0.1, 0.15) is 19.4 Å². The van der Waals surface area contributed by atoms with E-state index in [1.807, 2.05) is 43.3 Å². The maximum absolute atomic E-state index is 6.07. The molecular weight excluding hydrogens is 266 g/mol. The first kappa shape index (κ1) is 15.0. The minimum absolute atomic E-state index is 0.487. The number of benzene rings is 2. The molecule has 21 heavy (non-hydrogen) atoms. The molecule has 4 nitrogen and oxygen atoms in total. The van der Waals surface area contributed by atoms with Gasteiger partial charge in [-0.05, 0) is 43.2 Å². The van der Waals surface area contributed by atoms with Crippen molar-refractivity contribution in [1.82, 2.24) is 0 Å². The Labute approximate surface area is 125 Å². The number of methoxy groups -OCH3 is 1. The fourth-order valence-electron chi connectivity index (χ4n) is 2.03. The van der Waals surface area contributed by atoms with Gasteiger partial charge < -0.3 is 19.9 Å². The quantitative estimate of drug-likeness (QED) is 0.815. The van der Waals surface area contributed by atoms with Crippen molar-refractivity contribution < 1.29 is 14.2 Å². The Hall–Kier alpha value is -2.36. The maximum atomic E-state index is 6.07. The van der Waals surface area contributed by atoms with Gasteiger partial charge in [0.1, 0.15) is 11.4 Å². The molecule has 0 saturated carbocycles. The number of hydrogen-bond acceptors (Lipinski definition) is 4. The molecule has 0 aliphatic carbocycles. The highest BCUT2D eigenvalue weighted by molar-refractivity contribution is 5.64. The minimum atomic E-state index is 0.487. The van der Waals surface area contributed by atoms with Crippen LogP contribution in [0.3, 0.4) is 0 Å². The molecule has 0 radical (unpaired) electrons. The summed E-state index contributed by atoms with van der Waals surface area (Å²) in [6.45, 7) is 4.57. The summed E-state index contributed by atoms with van der Waals surface area (Å²) in [6, 6.07) is 11.4. The monoisotopic (exact) mass is 287 g/mol. The Kier molecular flexibility index (Phi) is 4.93. The summed E-state index contributed by atoms with van der Waals surface area (Å²) in [6.07, 6.45) is 0.943. The van der Waals surface area contributed by atoms with Crippen LogP contribution in [0.25, 0.3) is 0 Å². The summed E-state index contributed by atoms with van der Waals surface area (Å²) >= 11 is 0. The van der Waals surface area contributed by atoms with Crippen molar-refractivity contribution >= 4 is 5.69 Å². The van der Waals surface area contributed by atoms with Crippen LogP contribution in [0.2, 0.25) is 0 Å². The molecular formula is C17H21NO3. The van der Waals surface area contributed by atoms with Crippen molar-refractivity contribution in [3.8, 4) is 23.0 Å². The average molecular weight is 287 g/mol. The fourth-order valence-corrected chi connectivity index (χ4v) is 2.03. The van der Waals surface area contributed by atoms with Gasteiger partial charge in [-0.3, -0.25) is 0 Å². The van der Waals surface area contributed by atoms with Crippen LogP contribution in [0.5, 0.6) is 23.0 Å². The van der Waals surface area contributed by atoms with Crippen molar-refractivity contribution in [2.24, 2.45) is 0 Å². The standard InChI is InChI=1S/C17H21NO3/c1-4-12-9-10-13(16(11-12)19-3)21-15-8-6-7-14(17(15)18)20-5-2/h6-11H,4-5,18H2,1-3H3. The average Bonchev–Trinajstić information content (AvgIpc) is 2.51. The maximum Gasteiger partial charge on any atom is 0.169 e. The molecule has 0 atom stereocenters. The second kappa shape index (κ2) is 6.88. The number of ether oxygens (including phenoxy) is 3. The number of anilines is 1. The van der Waals surface area contributed by atoms with Gasteiger partial charge in [0.2, 0.25) is 0 Å². The highest BCUT2D eigenvalue weighted by atomic mass is 16.5. The van der Waals surface area contributed by atoms with Crippen molar-refractivity contribution in [3.63, 3.8) is 0 Å². The Balaban J connectivity index is 2.32. The summed E-state index contributed by atoms with van der Waals surface area (Å²) in [5.41, 5.74) is 7.75. The first-order valence-corrected chi connectivity index (χ1v) is 7.05. The van der Waals surface area contributed by atoms with Gasteiger partial charge in [-0.1, -0.05) is 19.1 Å². The minimum Gasteiger partial charge on any atom is -0.493 e. The molecule has 2 aromatic rings. The Morgan fingerprint density at radius 1 is 0.952 bits per heavy atom. The molecule has 0 amide bonds. The van der Waals surface area contributed by atoms with Gasteiger partial charge in [-0.15, -0.1) is 0 Å². The molecule has 2 rings (SSSR count). The molecule has 0 bridgehead atoms. The predicted octanol–water partition coefficient (Wildman–Crippen LogP) is 4.03. The van der Waals surface area contributed by atoms with E-state index >= 15 is 0 Å². The molecule has 0 aromatic heterocycles. The highest BCUT2D eigenvalue weighted by Crippen LogP contribution is 2.38. The number of aryl methyl sites for hydroxylation is 1. The van der Waals surface area contributed by atoms with E-state index in [0.29, 0.717) is 35.3 Å². The molecule has 2 aromatic carbocycles. The fraction of sp³-hybridized carbons (Fsp3) is 0.294. The van der Waals surface area contributed by atoms with Crippen LogP contribution in [0, 0.1) is 0 Å². The second-order valence-electron chi connectivity index (χ2n) is 4.54. The summed E-state index contributed by atoms with van der Waals surface area (Å²) in [4.78, 5) is 0. The zero-order chi connectivity index (χ0) is 15.2. The molecule has 0 aliphatic rings. The van der Waals surface area contributed by atoms with Gasteiger partial charge in [0.05, 0.1) is 13.7 Å². The van der Waals surface area contributed by atoms with E-state index in [9.17, 15) is 0 Å². The molecule has 0 unspecified atom stereocenters. The molecule has 112 valence electrons. The number of nitrogens with two attached hydrogens (primary N) is 1. The first-order valence-electron chi connectivity index (χ1n) is 7.05. The molecule has 0 fully saturated rings. The largest absolute Gasteiger partial charge is 0.493 e. The van der Waals surface area contributed by atoms with Crippen molar-refractivity contribution in [2.75, 3.05) is 19.5 Å². The molecule has 4 heteroatoms. The van der Waals surface area contributed by atoms with Crippen molar-refractivity contribution in [1.29, 1.82) is 0 Å². The van der Waals surface area contributed by atoms with Gasteiger partial charge in [-0.2, -0.15) is 0 Å². The van der Waals surface area contributed by atoms with E-state index in [1.165, 1.54) is 5.56 Å². The second-order valence-corrected chi connectivity index (χ2v) is 4.54. The van der Waals surface area contributed by atoms with E-state index in [1.54, 1.807) is 7.11 Å². The van der Waals surface area contributed by atoms with Crippen molar-refractivity contribution in [2.45, 2.75) is 20.3 Å². The number of rotatable bonds is 6. The summed E-state index contributed by atoms with van der Waals surface area (Å²) in [5, 5.41) is 0. The van der Waals surface area contributed by atoms with Gasteiger partial charge in [-0.25, -0.2) is 0 Å². The summed E-state index contributed by atoms with van der Waals surface area (Å²) < 4.78 is 16.7. The molecule has 0 heterocycles. The molecule has 2 N–H and O–H groups in total. The lowest BCUT2D eigenvalue weighted by Crippen LogP contribution is -1.99. The van der Waals surface area contributed by atoms with E-state index in [2.05, 4.69) is 6.92 Å². The van der Waals surface area contributed by atoms with Crippen LogP contribution in [0.15, 0.2) is 36.4 Å². The van der Waals surface area contributed by atoms with Crippen LogP contribution in [-0.4, -0.2) is 13.7 Å². The first-order chi connectivity index (χ1) is 10.2. The van der Waals surface area contributed by atoms with E-state index < -0.39 is 0 Å². The lowest BCUT2D eigenvalue weighted by atomic mass is 10.1. The number of nitrogen functional groups attached to an aromatic ring is 1. The van der Waals surface area contributed by atoms with Crippen LogP contribution in [0.4, 0.5) is 5.69 Å². The Morgan fingerprint density at radius 2 is 1.71 bits per heavy atom. The third kappa shape index (κ3) is 3.40. The van der Waals surface area contributed by atoms with Crippen LogP contribution >= 0.6 is 0 Å². The molecule has 0 spiro atoms. The summed E-state index contributed by atoms with van der Waals surface area (Å²) in [7, 11) is 1.63. The zero-order valence-electron chi connectivity index (χ0n) is 12.7. The van der Waals surface area contributed by atoms with Gasteiger partial charge in [0.15, 0.2) is 17.2 Å². The van der Waals surface area contributed by atoms with Crippen molar-refractivity contribution in [3.05, 3.63) is 42.0 Å². The third-order valence-corrected chi connectivity index (χ3v) is 3.18. The van der Waals surface area contributed by atoms with Gasteiger partial charge >= 0.3 is 0 Å². The van der Waals surface area contributed by atoms with E-state index in [0.717, 1.165) is 6.42 Å². The zero-order valence-corrected chi connectivity index (χ0v) is 12.7. The normalized spacial score (nSPS) is 10.2. The smallest absolute Gasteiger partial charge is 0.169 e. The summed E-state index contributed by atoms with van der Waals surface area (Å²) in [5.74, 6) is 2.51. The number of hydrogen-bond donors (Lipinski definition) is 1. The number of para-hydroxylation sites is 1. The Bertz CT molecular complexity index is 611. The topological polar surface area (TPSA) is 53.7 Å². The van der Waals surface area contributed by atoms with Crippen LogP contribution < -0.4 is 19.9 Å². The molecule has 0 aliphatic heterocycles. The lowest BCUT2D eigenvalue weighted by Gasteiger charge is -2.14. The SMILES string of the molecule is CCOc1cccc(Oc2ccc(CC)cc2OC)c1N. The molecule has 0 saturated heterocycles. The van der Waals surface area contributed by atoms with Crippen LogP contribution in [-0.2, 0) is 6.42 Å². The highest BCUT2D eigenvalue weighted by Gasteiger charge is 2.11. The lowest BCUT2D eigenvalue weighted by molar-refractivity contribution is 0.339. The van der Waals surface area contributed by atoms with E-state index in [4.69, 9.17) is 19.9 Å². The Morgan fingerprint density at radius 3 is 2.38 bits per heavy atom.